The molecule has 16 heavy (non-hydrogen) atoms. The molecule has 1 fully saturated rings. The Bertz CT molecular complexity index is 316. The molecule has 1 atom stereocenters. The molecular weight excluding hydrogens is 214 g/mol. The molecule has 0 aromatic heterocycles. The quantitative estimate of drug-likeness (QED) is 0.459. The van der Waals surface area contributed by atoms with Crippen LogP contribution in [0.1, 0.15) is 12.8 Å². The van der Waals surface area contributed by atoms with Gasteiger partial charge < -0.3 is 20.7 Å². The highest BCUT2D eigenvalue weighted by Gasteiger charge is 2.26. The Balaban J connectivity index is 2.22. The minimum atomic E-state index is -0.550. The third-order valence-corrected chi connectivity index (χ3v) is 2.12. The molecule has 0 bridgehead atoms. The zero-order chi connectivity index (χ0) is 12.0. The van der Waals surface area contributed by atoms with Crippen molar-refractivity contribution in [2.75, 3.05) is 13.1 Å². The van der Waals surface area contributed by atoms with Crippen molar-refractivity contribution in [3.8, 4) is 0 Å². The van der Waals surface area contributed by atoms with Gasteiger partial charge in [0.2, 0.25) is 17.7 Å². The smallest absolute Gasteiger partial charge is 0.243 e. The predicted molar refractivity (Wildman–Crippen MR) is 53.2 cm³/mol. The highest BCUT2D eigenvalue weighted by molar-refractivity contribution is 5.92. The SMILES string of the molecule is O=CCNC(=O)CNC(=O)C1CCC(=O)N1. The van der Waals surface area contributed by atoms with Crippen LogP contribution in [-0.4, -0.2) is 43.1 Å². The molecule has 0 aromatic rings. The van der Waals surface area contributed by atoms with Gasteiger partial charge in [0.15, 0.2) is 0 Å². The Morgan fingerprint density at radius 2 is 2.19 bits per heavy atom. The molecule has 1 aliphatic heterocycles. The topological polar surface area (TPSA) is 104 Å². The molecule has 1 rings (SSSR count). The summed E-state index contributed by atoms with van der Waals surface area (Å²) in [5.41, 5.74) is 0. The second-order valence-electron chi connectivity index (χ2n) is 3.35. The third kappa shape index (κ3) is 3.68. The van der Waals surface area contributed by atoms with E-state index in [4.69, 9.17) is 0 Å². The van der Waals surface area contributed by atoms with Crippen LogP contribution < -0.4 is 16.0 Å². The van der Waals surface area contributed by atoms with Gasteiger partial charge >= 0.3 is 0 Å². The van der Waals surface area contributed by atoms with Crippen molar-refractivity contribution in [1.29, 1.82) is 0 Å². The van der Waals surface area contributed by atoms with Gasteiger partial charge in [0.05, 0.1) is 13.1 Å². The fourth-order valence-electron chi connectivity index (χ4n) is 1.32. The number of aldehydes is 1. The lowest BCUT2D eigenvalue weighted by Gasteiger charge is -2.10. The van der Waals surface area contributed by atoms with Gasteiger partial charge in [0, 0.05) is 6.42 Å². The summed E-state index contributed by atoms with van der Waals surface area (Å²) in [5, 5.41) is 7.13. The van der Waals surface area contributed by atoms with Crippen molar-refractivity contribution in [1.82, 2.24) is 16.0 Å². The maximum atomic E-state index is 11.4. The first-order valence-electron chi connectivity index (χ1n) is 4.91. The molecule has 0 aliphatic carbocycles. The van der Waals surface area contributed by atoms with Crippen molar-refractivity contribution in [2.45, 2.75) is 18.9 Å². The van der Waals surface area contributed by atoms with E-state index in [-0.39, 0.29) is 24.9 Å². The number of carbonyl (C=O) groups is 4. The average molecular weight is 227 g/mol. The lowest BCUT2D eigenvalue weighted by atomic mass is 10.2. The summed E-state index contributed by atoms with van der Waals surface area (Å²) in [5.74, 6) is -0.984. The molecule has 1 aliphatic rings. The molecule has 1 unspecified atom stereocenters. The van der Waals surface area contributed by atoms with Crippen molar-refractivity contribution in [3.05, 3.63) is 0 Å². The van der Waals surface area contributed by atoms with Crippen molar-refractivity contribution < 1.29 is 19.2 Å². The molecule has 7 heteroatoms. The summed E-state index contributed by atoms with van der Waals surface area (Å²) in [4.78, 5) is 43.2. The largest absolute Gasteiger partial charge is 0.348 e. The van der Waals surface area contributed by atoms with E-state index >= 15 is 0 Å². The van der Waals surface area contributed by atoms with Crippen LogP contribution in [0.25, 0.3) is 0 Å². The number of rotatable bonds is 5. The summed E-state index contributed by atoms with van der Waals surface area (Å²) in [7, 11) is 0. The molecular formula is C9H13N3O4. The van der Waals surface area contributed by atoms with E-state index in [1.54, 1.807) is 0 Å². The van der Waals surface area contributed by atoms with Crippen LogP contribution in [0, 0.1) is 0 Å². The molecule has 1 heterocycles. The zero-order valence-corrected chi connectivity index (χ0v) is 8.62. The summed E-state index contributed by atoms with van der Waals surface area (Å²) < 4.78 is 0. The minimum Gasteiger partial charge on any atom is -0.348 e. The fourth-order valence-corrected chi connectivity index (χ4v) is 1.32. The number of hydrogen-bond acceptors (Lipinski definition) is 4. The van der Waals surface area contributed by atoms with Gasteiger partial charge in [-0.15, -0.1) is 0 Å². The highest BCUT2D eigenvalue weighted by atomic mass is 16.2. The summed E-state index contributed by atoms with van der Waals surface area (Å²) in [6.07, 6.45) is 1.33. The molecule has 7 nitrogen and oxygen atoms in total. The van der Waals surface area contributed by atoms with Crippen LogP contribution in [0.4, 0.5) is 0 Å². The van der Waals surface area contributed by atoms with E-state index < -0.39 is 11.9 Å². The monoisotopic (exact) mass is 227 g/mol. The zero-order valence-electron chi connectivity index (χ0n) is 8.62. The third-order valence-electron chi connectivity index (χ3n) is 2.12. The van der Waals surface area contributed by atoms with Gasteiger partial charge in [-0.3, -0.25) is 14.4 Å². The molecule has 0 spiro atoms. The lowest BCUT2D eigenvalue weighted by molar-refractivity contribution is -0.128. The van der Waals surface area contributed by atoms with Gasteiger partial charge in [-0.25, -0.2) is 0 Å². The van der Waals surface area contributed by atoms with Gasteiger partial charge in [0.1, 0.15) is 12.3 Å². The normalized spacial score (nSPS) is 18.8. The van der Waals surface area contributed by atoms with Gasteiger partial charge in [0.25, 0.3) is 0 Å². The van der Waals surface area contributed by atoms with Gasteiger partial charge in [-0.05, 0) is 6.42 Å². The Hall–Kier alpha value is -1.92. The number of hydrogen-bond donors (Lipinski definition) is 3. The first kappa shape index (κ1) is 12.2. The minimum absolute atomic E-state index is 0.0745. The first-order chi connectivity index (χ1) is 7.63. The number of carbonyl (C=O) groups excluding carboxylic acids is 4. The van der Waals surface area contributed by atoms with E-state index in [0.717, 1.165) is 0 Å². The molecule has 0 saturated carbocycles. The first-order valence-corrected chi connectivity index (χ1v) is 4.91. The molecule has 0 radical (unpaired) electrons. The predicted octanol–water partition coefficient (Wildman–Crippen LogP) is -2.30. The summed E-state index contributed by atoms with van der Waals surface area (Å²) in [6.45, 7) is -0.270. The average Bonchev–Trinajstić information content (AvgIpc) is 2.69. The lowest BCUT2D eigenvalue weighted by Crippen LogP contribution is -2.45. The van der Waals surface area contributed by atoms with E-state index in [9.17, 15) is 19.2 Å². The second-order valence-corrected chi connectivity index (χ2v) is 3.35. The molecule has 0 aromatic carbocycles. The molecule has 3 N–H and O–H groups in total. The Kier molecular flexibility index (Phi) is 4.43. The highest BCUT2D eigenvalue weighted by Crippen LogP contribution is 2.05. The molecule has 3 amide bonds. The Labute approximate surface area is 91.9 Å². The Morgan fingerprint density at radius 1 is 1.44 bits per heavy atom. The van der Waals surface area contributed by atoms with E-state index in [2.05, 4.69) is 16.0 Å². The second kappa shape index (κ2) is 5.84. The van der Waals surface area contributed by atoms with Crippen molar-refractivity contribution in [3.63, 3.8) is 0 Å². The van der Waals surface area contributed by atoms with Crippen LogP contribution in [-0.2, 0) is 19.2 Å². The van der Waals surface area contributed by atoms with Crippen LogP contribution >= 0.6 is 0 Å². The van der Waals surface area contributed by atoms with Crippen LogP contribution in [0.5, 0.6) is 0 Å². The van der Waals surface area contributed by atoms with E-state index in [1.165, 1.54) is 0 Å². The number of nitrogens with one attached hydrogen (secondary N) is 3. The summed E-state index contributed by atoms with van der Waals surface area (Å²) >= 11 is 0. The van der Waals surface area contributed by atoms with E-state index in [1.807, 2.05) is 0 Å². The van der Waals surface area contributed by atoms with Crippen LogP contribution in [0.2, 0.25) is 0 Å². The standard InChI is InChI=1S/C9H13N3O4/c13-4-3-10-8(15)5-11-9(16)6-1-2-7(14)12-6/h4,6H,1-3,5H2,(H,10,15)(H,11,16)(H,12,14). The van der Waals surface area contributed by atoms with Gasteiger partial charge in [-0.2, -0.15) is 0 Å². The molecule has 1 saturated heterocycles. The van der Waals surface area contributed by atoms with Crippen LogP contribution in [0.3, 0.4) is 0 Å². The number of amides is 3. The van der Waals surface area contributed by atoms with Crippen molar-refractivity contribution in [2.24, 2.45) is 0 Å². The van der Waals surface area contributed by atoms with Gasteiger partial charge in [-0.1, -0.05) is 0 Å². The van der Waals surface area contributed by atoms with Crippen molar-refractivity contribution >= 4 is 24.0 Å². The molecule has 88 valence electrons. The summed E-state index contributed by atoms with van der Waals surface area (Å²) in [6, 6.07) is -0.550. The fraction of sp³-hybridized carbons (Fsp3) is 0.556. The maximum Gasteiger partial charge on any atom is 0.243 e. The maximum absolute atomic E-state index is 11.4. The Morgan fingerprint density at radius 3 is 2.75 bits per heavy atom. The van der Waals surface area contributed by atoms with E-state index in [0.29, 0.717) is 19.1 Å². The van der Waals surface area contributed by atoms with Crippen LogP contribution in [0.15, 0.2) is 0 Å².